The molecule has 106 valence electrons. The van der Waals surface area contributed by atoms with Crippen molar-refractivity contribution in [2.24, 2.45) is 0 Å². The minimum absolute atomic E-state index is 0.345. The summed E-state index contributed by atoms with van der Waals surface area (Å²) in [5.74, 6) is 1.75. The van der Waals surface area contributed by atoms with Crippen molar-refractivity contribution in [3.8, 4) is 12.3 Å². The van der Waals surface area contributed by atoms with Gasteiger partial charge >= 0.3 is 5.97 Å². The van der Waals surface area contributed by atoms with Crippen LogP contribution in [0.15, 0.2) is 0 Å². The first-order valence-electron chi connectivity index (χ1n) is 6.78. The molecule has 20 heavy (non-hydrogen) atoms. The van der Waals surface area contributed by atoms with E-state index in [0.717, 1.165) is 43.0 Å². The maximum atomic E-state index is 11.6. The Hall–Kier alpha value is -1.99. The predicted molar refractivity (Wildman–Crippen MR) is 80.6 cm³/mol. The number of hydrogen-bond donors (Lipinski definition) is 2. The molecule has 1 aromatic rings. The van der Waals surface area contributed by atoms with Gasteiger partial charge in [-0.2, -0.15) is 0 Å². The van der Waals surface area contributed by atoms with E-state index in [1.165, 1.54) is 0 Å². The molecule has 1 aromatic carbocycles. The van der Waals surface area contributed by atoms with Crippen LogP contribution in [0.3, 0.4) is 0 Å². The van der Waals surface area contributed by atoms with Crippen LogP contribution in [0, 0.1) is 33.1 Å². The Labute approximate surface area is 119 Å². The quantitative estimate of drug-likeness (QED) is 0.805. The molecular weight excluding hydrogens is 252 g/mol. The van der Waals surface area contributed by atoms with E-state index in [4.69, 9.17) is 6.42 Å². The molecule has 2 rings (SSSR count). The maximum Gasteiger partial charge on any atom is 0.336 e. The molecular formula is C16H20N2O2. The second kappa shape index (κ2) is 5.56. The van der Waals surface area contributed by atoms with Crippen molar-refractivity contribution in [1.82, 2.24) is 5.32 Å². The highest BCUT2D eigenvalue weighted by atomic mass is 16.4. The lowest BCUT2D eigenvalue weighted by molar-refractivity contribution is 0.0695. The Morgan fingerprint density at radius 2 is 1.80 bits per heavy atom. The third-order valence-electron chi connectivity index (χ3n) is 4.00. The smallest absolute Gasteiger partial charge is 0.336 e. The molecule has 1 heterocycles. The summed E-state index contributed by atoms with van der Waals surface area (Å²) in [6.45, 7) is 9.20. The number of hydrogen-bond acceptors (Lipinski definition) is 3. The van der Waals surface area contributed by atoms with Gasteiger partial charge in [-0.1, -0.05) is 5.92 Å². The molecule has 1 fully saturated rings. The van der Waals surface area contributed by atoms with Crippen LogP contribution in [0.5, 0.6) is 0 Å². The zero-order chi connectivity index (χ0) is 14.9. The Balaban J connectivity index is 2.70. The topological polar surface area (TPSA) is 52.6 Å². The lowest BCUT2D eigenvalue weighted by Gasteiger charge is -2.33. The fourth-order valence-corrected chi connectivity index (χ4v) is 3.11. The lowest BCUT2D eigenvalue weighted by Crippen LogP contribution is -2.44. The minimum atomic E-state index is -0.909. The van der Waals surface area contributed by atoms with Gasteiger partial charge in [0.05, 0.1) is 5.56 Å². The SMILES string of the molecule is C#Cc1c(C)c(C(=O)O)c(C)c(N2CCNCC2)c1C. The Kier molecular flexibility index (Phi) is 4.01. The zero-order valence-corrected chi connectivity index (χ0v) is 12.2. The Morgan fingerprint density at radius 3 is 2.30 bits per heavy atom. The number of carboxylic acids is 1. The second-order valence-corrected chi connectivity index (χ2v) is 5.16. The van der Waals surface area contributed by atoms with Gasteiger partial charge in [0.1, 0.15) is 0 Å². The number of piperazine rings is 1. The van der Waals surface area contributed by atoms with Crippen molar-refractivity contribution in [3.63, 3.8) is 0 Å². The molecule has 4 nitrogen and oxygen atoms in total. The van der Waals surface area contributed by atoms with Gasteiger partial charge in [-0.15, -0.1) is 6.42 Å². The number of aromatic carboxylic acids is 1. The first kappa shape index (κ1) is 14.4. The van der Waals surface area contributed by atoms with E-state index < -0.39 is 5.97 Å². The normalized spacial score (nSPS) is 15.0. The van der Waals surface area contributed by atoms with Crippen LogP contribution < -0.4 is 10.2 Å². The molecule has 0 saturated carbocycles. The monoisotopic (exact) mass is 272 g/mol. The van der Waals surface area contributed by atoms with Crippen LogP contribution in [0.4, 0.5) is 5.69 Å². The van der Waals surface area contributed by atoms with Crippen molar-refractivity contribution in [2.45, 2.75) is 20.8 Å². The van der Waals surface area contributed by atoms with E-state index in [9.17, 15) is 9.90 Å². The van der Waals surface area contributed by atoms with Crippen LogP contribution in [0.2, 0.25) is 0 Å². The highest BCUT2D eigenvalue weighted by Gasteiger charge is 2.24. The predicted octanol–water partition coefficient (Wildman–Crippen LogP) is 1.70. The van der Waals surface area contributed by atoms with E-state index in [1.807, 2.05) is 13.8 Å². The summed E-state index contributed by atoms with van der Waals surface area (Å²) in [6.07, 6.45) is 5.60. The van der Waals surface area contributed by atoms with Crippen LogP contribution in [-0.2, 0) is 0 Å². The molecule has 2 N–H and O–H groups in total. The fraction of sp³-hybridized carbons (Fsp3) is 0.438. The van der Waals surface area contributed by atoms with E-state index in [2.05, 4.69) is 16.1 Å². The summed E-state index contributed by atoms with van der Waals surface area (Å²) in [6, 6.07) is 0. The highest BCUT2D eigenvalue weighted by molar-refractivity contribution is 5.95. The third-order valence-corrected chi connectivity index (χ3v) is 4.00. The number of rotatable bonds is 2. The summed E-state index contributed by atoms with van der Waals surface area (Å²) >= 11 is 0. The van der Waals surface area contributed by atoms with Crippen LogP contribution in [0.25, 0.3) is 0 Å². The molecule has 0 bridgehead atoms. The van der Waals surface area contributed by atoms with Gasteiger partial charge < -0.3 is 15.3 Å². The fourth-order valence-electron chi connectivity index (χ4n) is 3.11. The van der Waals surface area contributed by atoms with Gasteiger partial charge in [-0.3, -0.25) is 0 Å². The van der Waals surface area contributed by atoms with Gasteiger partial charge in [-0.05, 0) is 37.5 Å². The van der Waals surface area contributed by atoms with Crippen LogP contribution in [0.1, 0.15) is 32.6 Å². The second-order valence-electron chi connectivity index (χ2n) is 5.16. The molecule has 4 heteroatoms. The number of carboxylic acid groups (broad SMARTS) is 1. The lowest BCUT2D eigenvalue weighted by atomic mass is 9.90. The average molecular weight is 272 g/mol. The third kappa shape index (κ3) is 2.25. The Morgan fingerprint density at radius 1 is 1.20 bits per heavy atom. The molecule has 1 saturated heterocycles. The number of benzene rings is 1. The van der Waals surface area contributed by atoms with E-state index in [-0.39, 0.29) is 0 Å². The summed E-state index contributed by atoms with van der Waals surface area (Å²) < 4.78 is 0. The number of nitrogens with one attached hydrogen (secondary N) is 1. The first-order valence-corrected chi connectivity index (χ1v) is 6.78. The maximum absolute atomic E-state index is 11.6. The molecule has 0 spiro atoms. The Bertz CT molecular complexity index is 594. The summed E-state index contributed by atoms with van der Waals surface area (Å²) in [5.41, 5.74) is 4.55. The van der Waals surface area contributed by atoms with Gasteiger partial charge in [0, 0.05) is 37.4 Å². The van der Waals surface area contributed by atoms with Gasteiger partial charge in [0.25, 0.3) is 0 Å². The van der Waals surface area contributed by atoms with Crippen molar-refractivity contribution in [1.29, 1.82) is 0 Å². The summed E-state index contributed by atoms with van der Waals surface area (Å²) in [4.78, 5) is 13.8. The molecule has 0 aromatic heterocycles. The van der Waals surface area contributed by atoms with Gasteiger partial charge in [0.2, 0.25) is 0 Å². The molecule has 0 unspecified atom stereocenters. The van der Waals surface area contributed by atoms with E-state index >= 15 is 0 Å². The number of carbonyl (C=O) groups is 1. The highest BCUT2D eigenvalue weighted by Crippen LogP contribution is 2.33. The van der Waals surface area contributed by atoms with Crippen LogP contribution in [-0.4, -0.2) is 37.3 Å². The van der Waals surface area contributed by atoms with Gasteiger partial charge in [-0.25, -0.2) is 4.79 Å². The largest absolute Gasteiger partial charge is 0.478 e. The number of terminal acetylenes is 1. The average Bonchev–Trinajstić information content (AvgIpc) is 2.39. The van der Waals surface area contributed by atoms with Crippen molar-refractivity contribution in [2.75, 3.05) is 31.1 Å². The van der Waals surface area contributed by atoms with Gasteiger partial charge in [0.15, 0.2) is 0 Å². The van der Waals surface area contributed by atoms with Crippen molar-refractivity contribution < 1.29 is 9.90 Å². The standard InChI is InChI=1S/C16H20N2O2/c1-5-13-10(2)14(16(19)20)12(4)15(11(13)3)18-8-6-17-7-9-18/h1,17H,6-9H2,2-4H3,(H,19,20). The van der Waals surface area contributed by atoms with Crippen LogP contribution >= 0.6 is 0 Å². The van der Waals surface area contributed by atoms with E-state index in [0.29, 0.717) is 16.7 Å². The van der Waals surface area contributed by atoms with E-state index in [1.54, 1.807) is 6.92 Å². The first-order chi connectivity index (χ1) is 9.49. The molecule has 0 aliphatic carbocycles. The molecule has 0 radical (unpaired) electrons. The summed E-state index contributed by atoms with van der Waals surface area (Å²) in [7, 11) is 0. The van der Waals surface area contributed by atoms with Crippen molar-refractivity contribution >= 4 is 11.7 Å². The number of nitrogens with zero attached hydrogens (tertiary/aromatic N) is 1. The minimum Gasteiger partial charge on any atom is -0.478 e. The molecule has 1 aliphatic heterocycles. The summed E-state index contributed by atoms with van der Waals surface area (Å²) in [5, 5.41) is 12.8. The number of anilines is 1. The van der Waals surface area contributed by atoms with Crippen molar-refractivity contribution in [3.05, 3.63) is 27.8 Å². The molecule has 0 atom stereocenters. The molecule has 1 aliphatic rings. The molecule has 0 amide bonds. The zero-order valence-electron chi connectivity index (χ0n) is 12.2.